The molecule has 2 fully saturated rings. The van der Waals surface area contributed by atoms with Crippen molar-refractivity contribution in [1.82, 2.24) is 4.90 Å². The second-order valence-corrected chi connectivity index (χ2v) is 5.98. The lowest BCUT2D eigenvalue weighted by Gasteiger charge is -2.32. The standard InChI is InChI=1S/C12H19NO4/c1-12(2,3)17-11(16)13-6-7-4-8(10(14)15)9(13)5-7/h7-9H,4-6H2,1-3H3,(H,14,15). The fourth-order valence-corrected chi connectivity index (χ4v) is 2.82. The van der Waals surface area contributed by atoms with Crippen LogP contribution in [0.25, 0.3) is 0 Å². The summed E-state index contributed by atoms with van der Waals surface area (Å²) < 4.78 is 5.30. The van der Waals surface area contributed by atoms with Crippen LogP contribution >= 0.6 is 0 Å². The van der Waals surface area contributed by atoms with Crippen molar-refractivity contribution < 1.29 is 19.4 Å². The zero-order valence-corrected chi connectivity index (χ0v) is 10.5. The molecule has 1 aliphatic heterocycles. The maximum Gasteiger partial charge on any atom is 0.410 e. The molecule has 1 N–H and O–H groups in total. The normalized spacial score (nSPS) is 31.7. The van der Waals surface area contributed by atoms with E-state index in [2.05, 4.69) is 0 Å². The van der Waals surface area contributed by atoms with Gasteiger partial charge in [0.2, 0.25) is 0 Å². The molecule has 1 heterocycles. The molecule has 96 valence electrons. The average molecular weight is 241 g/mol. The highest BCUT2D eigenvalue weighted by Gasteiger charge is 2.50. The van der Waals surface area contributed by atoms with Crippen LogP contribution in [-0.4, -0.2) is 40.3 Å². The molecule has 5 nitrogen and oxygen atoms in total. The molecule has 0 radical (unpaired) electrons. The summed E-state index contributed by atoms with van der Waals surface area (Å²) in [4.78, 5) is 24.6. The number of aliphatic carboxylic acids is 1. The molecule has 5 heteroatoms. The molecule has 0 aromatic rings. The number of carboxylic acids is 1. The molecular weight excluding hydrogens is 222 g/mol. The fourth-order valence-electron chi connectivity index (χ4n) is 2.82. The van der Waals surface area contributed by atoms with Gasteiger partial charge >= 0.3 is 12.1 Å². The quantitative estimate of drug-likeness (QED) is 0.759. The van der Waals surface area contributed by atoms with Crippen LogP contribution in [0, 0.1) is 11.8 Å². The first kappa shape index (κ1) is 12.2. The van der Waals surface area contributed by atoms with Gasteiger partial charge in [-0.15, -0.1) is 0 Å². The Hall–Kier alpha value is -1.26. The van der Waals surface area contributed by atoms with Crippen molar-refractivity contribution in [3.05, 3.63) is 0 Å². The van der Waals surface area contributed by atoms with Gasteiger partial charge in [0.1, 0.15) is 5.60 Å². The van der Waals surface area contributed by atoms with E-state index in [1.807, 2.05) is 20.8 Å². The fraction of sp³-hybridized carbons (Fsp3) is 0.833. The summed E-state index contributed by atoms with van der Waals surface area (Å²) in [5.41, 5.74) is -0.530. The maximum atomic E-state index is 11.9. The Morgan fingerprint density at radius 3 is 2.41 bits per heavy atom. The van der Waals surface area contributed by atoms with E-state index < -0.39 is 17.5 Å². The Kier molecular flexibility index (Phi) is 2.79. The summed E-state index contributed by atoms with van der Waals surface area (Å²) in [6.07, 6.45) is 1.12. The van der Waals surface area contributed by atoms with Crippen LogP contribution in [0.1, 0.15) is 33.6 Å². The third-order valence-electron chi connectivity index (χ3n) is 3.43. The monoisotopic (exact) mass is 241 g/mol. The van der Waals surface area contributed by atoms with E-state index in [4.69, 9.17) is 9.84 Å². The number of hydrogen-bond donors (Lipinski definition) is 1. The van der Waals surface area contributed by atoms with Crippen molar-refractivity contribution in [2.75, 3.05) is 6.54 Å². The molecule has 0 aromatic carbocycles. The molecule has 1 saturated heterocycles. The molecule has 17 heavy (non-hydrogen) atoms. The van der Waals surface area contributed by atoms with E-state index in [0.717, 1.165) is 6.42 Å². The third-order valence-corrected chi connectivity index (χ3v) is 3.43. The predicted molar refractivity (Wildman–Crippen MR) is 60.6 cm³/mol. The van der Waals surface area contributed by atoms with E-state index in [1.54, 1.807) is 4.90 Å². The summed E-state index contributed by atoms with van der Waals surface area (Å²) in [6.45, 7) is 6.08. The Morgan fingerprint density at radius 1 is 1.29 bits per heavy atom. The predicted octanol–water partition coefficient (Wildman–Crippen LogP) is 1.72. The van der Waals surface area contributed by atoms with Crippen molar-refractivity contribution in [2.24, 2.45) is 11.8 Å². The number of carbonyl (C=O) groups is 2. The van der Waals surface area contributed by atoms with Gasteiger partial charge in [-0.1, -0.05) is 0 Å². The Bertz CT molecular complexity index is 347. The number of likely N-dealkylation sites (tertiary alicyclic amines) is 1. The van der Waals surface area contributed by atoms with Crippen LogP contribution in [-0.2, 0) is 9.53 Å². The van der Waals surface area contributed by atoms with Gasteiger partial charge in [0, 0.05) is 12.6 Å². The van der Waals surface area contributed by atoms with Crippen LogP contribution in [0.2, 0.25) is 0 Å². The number of amides is 1. The smallest absolute Gasteiger partial charge is 0.410 e. The maximum absolute atomic E-state index is 11.9. The van der Waals surface area contributed by atoms with Crippen LogP contribution < -0.4 is 0 Å². The van der Waals surface area contributed by atoms with Crippen molar-refractivity contribution in [3.63, 3.8) is 0 Å². The number of fused-ring (bicyclic) bond motifs is 2. The molecular formula is C12H19NO4. The van der Waals surface area contributed by atoms with E-state index in [-0.39, 0.29) is 12.1 Å². The van der Waals surface area contributed by atoms with Crippen molar-refractivity contribution >= 4 is 12.1 Å². The van der Waals surface area contributed by atoms with E-state index in [9.17, 15) is 9.59 Å². The number of hydrogen-bond acceptors (Lipinski definition) is 3. The second-order valence-electron chi connectivity index (χ2n) is 5.98. The second kappa shape index (κ2) is 3.89. The highest BCUT2D eigenvalue weighted by atomic mass is 16.6. The minimum atomic E-state index is -0.800. The van der Waals surface area contributed by atoms with Gasteiger partial charge in [-0.05, 0) is 39.5 Å². The summed E-state index contributed by atoms with van der Waals surface area (Å²) in [5.74, 6) is -0.888. The number of piperidine rings is 1. The molecule has 0 aromatic heterocycles. The molecule has 2 bridgehead atoms. The zero-order chi connectivity index (χ0) is 12.8. The van der Waals surface area contributed by atoms with Gasteiger partial charge < -0.3 is 14.7 Å². The highest BCUT2D eigenvalue weighted by Crippen LogP contribution is 2.42. The Balaban J connectivity index is 2.04. The molecule has 1 aliphatic carbocycles. The van der Waals surface area contributed by atoms with E-state index in [1.165, 1.54) is 0 Å². The number of ether oxygens (including phenoxy) is 1. The highest BCUT2D eigenvalue weighted by molar-refractivity contribution is 5.75. The molecule has 0 spiro atoms. The molecule has 1 amide bonds. The molecule has 1 saturated carbocycles. The van der Waals surface area contributed by atoms with Gasteiger partial charge in [0.25, 0.3) is 0 Å². The first-order chi connectivity index (χ1) is 7.78. The molecule has 2 aliphatic rings. The van der Waals surface area contributed by atoms with Crippen LogP contribution in [0.4, 0.5) is 4.79 Å². The zero-order valence-electron chi connectivity index (χ0n) is 10.5. The van der Waals surface area contributed by atoms with Gasteiger partial charge in [0.15, 0.2) is 0 Å². The van der Waals surface area contributed by atoms with Gasteiger partial charge in [-0.3, -0.25) is 4.79 Å². The Labute approximate surface area is 101 Å². The lowest BCUT2D eigenvalue weighted by atomic mass is 9.99. The summed E-state index contributed by atoms with van der Waals surface area (Å²) in [5, 5.41) is 9.09. The van der Waals surface area contributed by atoms with Crippen molar-refractivity contribution in [2.45, 2.75) is 45.3 Å². The summed E-state index contributed by atoms with van der Waals surface area (Å²) in [6, 6.07) is -0.174. The number of carbonyl (C=O) groups excluding carboxylic acids is 1. The van der Waals surface area contributed by atoms with E-state index >= 15 is 0 Å². The lowest BCUT2D eigenvalue weighted by Crippen LogP contribution is -2.46. The van der Waals surface area contributed by atoms with Crippen LogP contribution in [0.15, 0.2) is 0 Å². The van der Waals surface area contributed by atoms with Gasteiger partial charge in [-0.2, -0.15) is 0 Å². The first-order valence-electron chi connectivity index (χ1n) is 6.00. The number of nitrogens with zero attached hydrogens (tertiary/aromatic N) is 1. The number of carboxylic acid groups (broad SMARTS) is 1. The number of rotatable bonds is 1. The SMILES string of the molecule is CC(C)(C)OC(=O)N1CC2CC(C(=O)O)C1C2. The van der Waals surface area contributed by atoms with E-state index in [0.29, 0.717) is 18.9 Å². The first-order valence-corrected chi connectivity index (χ1v) is 6.00. The molecule has 3 atom stereocenters. The van der Waals surface area contributed by atoms with Crippen LogP contribution in [0.5, 0.6) is 0 Å². The van der Waals surface area contributed by atoms with Crippen LogP contribution in [0.3, 0.4) is 0 Å². The lowest BCUT2D eigenvalue weighted by molar-refractivity contribution is -0.143. The molecule has 3 unspecified atom stereocenters. The summed E-state index contributed by atoms with van der Waals surface area (Å²) >= 11 is 0. The van der Waals surface area contributed by atoms with Crippen molar-refractivity contribution in [1.29, 1.82) is 0 Å². The van der Waals surface area contributed by atoms with Crippen molar-refractivity contribution in [3.8, 4) is 0 Å². The minimum absolute atomic E-state index is 0.174. The average Bonchev–Trinajstić information content (AvgIpc) is 2.72. The Morgan fingerprint density at radius 2 is 1.94 bits per heavy atom. The molecule has 2 rings (SSSR count). The summed E-state index contributed by atoms with van der Waals surface area (Å²) in [7, 11) is 0. The third kappa shape index (κ3) is 2.37. The van der Waals surface area contributed by atoms with Gasteiger partial charge in [0.05, 0.1) is 5.92 Å². The topological polar surface area (TPSA) is 66.8 Å². The minimum Gasteiger partial charge on any atom is -0.481 e. The largest absolute Gasteiger partial charge is 0.481 e. The van der Waals surface area contributed by atoms with Gasteiger partial charge in [-0.25, -0.2) is 4.79 Å².